The van der Waals surface area contributed by atoms with Gasteiger partial charge in [0.2, 0.25) is 3.49 Å². The van der Waals surface area contributed by atoms with Crippen LogP contribution in [0.3, 0.4) is 0 Å². The first-order valence-electron chi connectivity index (χ1n) is 1.84. The standard InChI is InChI=1S/C3H2Br5F/c4-2(5,6)1-3(7,8)9/h1H2. The molecule has 56 valence electrons. The molecule has 0 saturated heterocycles. The molecule has 0 N–H and O–H groups in total. The van der Waals surface area contributed by atoms with Crippen molar-refractivity contribution in [2.24, 2.45) is 0 Å². The van der Waals surface area contributed by atoms with Gasteiger partial charge in [0.25, 0.3) is 0 Å². The van der Waals surface area contributed by atoms with Gasteiger partial charge in [0.05, 0.1) is 0 Å². The highest BCUT2D eigenvalue weighted by atomic mass is 80.0. The molecule has 0 fully saturated rings. The lowest BCUT2D eigenvalue weighted by Gasteiger charge is -2.16. The first-order chi connectivity index (χ1) is 3.71. The van der Waals surface area contributed by atoms with Gasteiger partial charge < -0.3 is 0 Å². The van der Waals surface area contributed by atoms with Crippen LogP contribution in [0, 0.1) is 0 Å². The Balaban J connectivity index is 3.75. The lowest BCUT2D eigenvalue weighted by molar-refractivity contribution is 0.417. The van der Waals surface area contributed by atoms with E-state index in [1.165, 1.54) is 0 Å². The molecule has 0 aliphatic carbocycles. The van der Waals surface area contributed by atoms with Crippen LogP contribution in [0.15, 0.2) is 0 Å². The van der Waals surface area contributed by atoms with Crippen molar-refractivity contribution in [2.75, 3.05) is 0 Å². The van der Waals surface area contributed by atoms with Gasteiger partial charge >= 0.3 is 0 Å². The van der Waals surface area contributed by atoms with Gasteiger partial charge in [-0.25, -0.2) is 4.39 Å². The second kappa shape index (κ2) is 3.83. The largest absolute Gasteiger partial charge is 0.221 e. The Morgan fingerprint density at radius 3 is 1.33 bits per heavy atom. The molecule has 6 heteroatoms. The zero-order valence-corrected chi connectivity index (χ0v) is 11.9. The maximum Gasteiger partial charge on any atom is 0.221 e. The average Bonchev–Trinajstić information content (AvgIpc) is 1.14. The maximum atomic E-state index is 12.6. The van der Waals surface area contributed by atoms with E-state index in [1.807, 2.05) is 0 Å². The number of alkyl halides is 6. The van der Waals surface area contributed by atoms with Crippen LogP contribution in [0.4, 0.5) is 4.39 Å². The third-order valence-electron chi connectivity index (χ3n) is 0.401. The summed E-state index contributed by atoms with van der Waals surface area (Å²) in [6.45, 7) is 0. The van der Waals surface area contributed by atoms with Gasteiger partial charge in [0.15, 0.2) is 0 Å². The topological polar surface area (TPSA) is 0 Å². The van der Waals surface area contributed by atoms with Crippen molar-refractivity contribution in [1.82, 2.24) is 0 Å². The van der Waals surface area contributed by atoms with E-state index in [1.54, 1.807) is 0 Å². The molecule has 0 aliphatic heterocycles. The summed E-state index contributed by atoms with van der Waals surface area (Å²) in [6, 6.07) is 0. The van der Waals surface area contributed by atoms with Crippen molar-refractivity contribution in [3.63, 3.8) is 0 Å². The summed E-state index contributed by atoms with van der Waals surface area (Å²) in [4.78, 5) is 0. The lowest BCUT2D eigenvalue weighted by atomic mass is 10.5. The first-order valence-corrected chi connectivity index (χ1v) is 5.81. The van der Waals surface area contributed by atoms with Crippen LogP contribution < -0.4 is 0 Å². The summed E-state index contributed by atoms with van der Waals surface area (Å²) in [5.74, 6) is 0. The molecule has 9 heavy (non-hydrogen) atoms. The molecule has 0 aromatic rings. The van der Waals surface area contributed by atoms with E-state index in [0.29, 0.717) is 0 Å². The van der Waals surface area contributed by atoms with Crippen molar-refractivity contribution in [1.29, 1.82) is 0 Å². The molecule has 0 atom stereocenters. The normalized spacial score (nSPS) is 14.0. The van der Waals surface area contributed by atoms with E-state index in [9.17, 15) is 4.39 Å². The summed E-state index contributed by atoms with van der Waals surface area (Å²) in [7, 11) is 0. The number of halogens is 6. The number of hydrogen-bond acceptors (Lipinski definition) is 0. The summed E-state index contributed by atoms with van der Waals surface area (Å²) in [5, 5.41) is 0. The van der Waals surface area contributed by atoms with Crippen LogP contribution in [-0.2, 0) is 0 Å². The molecule has 0 spiro atoms. The van der Waals surface area contributed by atoms with Crippen LogP contribution >= 0.6 is 79.6 Å². The average molecular weight is 457 g/mol. The van der Waals surface area contributed by atoms with E-state index < -0.39 is 5.63 Å². The molecule has 0 unspecified atom stereocenters. The Kier molecular flexibility index (Phi) is 4.82. The highest BCUT2D eigenvalue weighted by Crippen LogP contribution is 2.46. The second-order valence-corrected chi connectivity index (χ2v) is 12.2. The van der Waals surface area contributed by atoms with Gasteiger partial charge in [-0.05, 0) is 31.9 Å². The van der Waals surface area contributed by atoms with Crippen LogP contribution in [-0.4, -0.2) is 5.63 Å². The van der Waals surface area contributed by atoms with Gasteiger partial charge in [-0.1, -0.05) is 47.8 Å². The Morgan fingerprint density at radius 1 is 1.00 bits per heavy atom. The van der Waals surface area contributed by atoms with Crippen molar-refractivity contribution in [2.45, 2.75) is 12.1 Å². The monoisotopic (exact) mass is 452 g/mol. The third kappa shape index (κ3) is 10.3. The molecular weight excluding hydrogens is 455 g/mol. The molecule has 0 heterocycles. The molecule has 0 aromatic heterocycles. The molecule has 0 aliphatic rings. The number of rotatable bonds is 1. The summed E-state index contributed by atoms with van der Waals surface area (Å²) in [5.41, 5.74) is 0. The fourth-order valence-corrected chi connectivity index (χ4v) is 4.48. The fourth-order valence-electron chi connectivity index (χ4n) is 0.227. The fraction of sp³-hybridized carbons (Fsp3) is 1.00. The van der Waals surface area contributed by atoms with Gasteiger partial charge in [0.1, 0.15) is 2.14 Å². The Hall–Kier alpha value is 2.33. The van der Waals surface area contributed by atoms with Crippen molar-refractivity contribution < 1.29 is 4.39 Å². The predicted molar refractivity (Wildman–Crippen MR) is 55.8 cm³/mol. The van der Waals surface area contributed by atoms with Gasteiger partial charge in [0, 0.05) is 6.42 Å². The minimum atomic E-state index is -1.53. The zero-order valence-electron chi connectivity index (χ0n) is 3.97. The molecule has 0 amide bonds. The SMILES string of the molecule is FC(Br)(Br)CC(Br)(Br)Br. The molecule has 0 radical (unpaired) electrons. The highest BCUT2D eigenvalue weighted by Gasteiger charge is 2.32. The van der Waals surface area contributed by atoms with Gasteiger partial charge in [-0.2, -0.15) is 0 Å². The zero-order chi connectivity index (χ0) is 7.71. The van der Waals surface area contributed by atoms with Gasteiger partial charge in [-0.15, -0.1) is 0 Å². The highest BCUT2D eigenvalue weighted by molar-refractivity contribution is 9.39. The smallest absolute Gasteiger partial charge is 0.219 e. The quantitative estimate of drug-likeness (QED) is 0.505. The van der Waals surface area contributed by atoms with E-state index in [2.05, 4.69) is 79.6 Å². The lowest BCUT2D eigenvalue weighted by Crippen LogP contribution is -2.12. The van der Waals surface area contributed by atoms with E-state index in [0.717, 1.165) is 0 Å². The molecular formula is C3H2Br5F. The molecule has 0 aromatic carbocycles. The third-order valence-corrected chi connectivity index (χ3v) is 1.80. The molecule has 0 saturated carbocycles. The molecule has 0 nitrogen and oxygen atoms in total. The minimum absolute atomic E-state index is 0.208. The second-order valence-electron chi connectivity index (χ2n) is 1.41. The van der Waals surface area contributed by atoms with Crippen LogP contribution in [0.5, 0.6) is 0 Å². The van der Waals surface area contributed by atoms with E-state index in [4.69, 9.17) is 0 Å². The summed E-state index contributed by atoms with van der Waals surface area (Å²) >= 11 is 15.0. The van der Waals surface area contributed by atoms with E-state index in [-0.39, 0.29) is 6.42 Å². The maximum absolute atomic E-state index is 12.6. The van der Waals surface area contributed by atoms with Crippen LogP contribution in [0.2, 0.25) is 0 Å². The Bertz CT molecular complexity index is 77.4. The Morgan fingerprint density at radius 2 is 1.33 bits per heavy atom. The Labute approximate surface area is 95.0 Å². The molecule has 0 rings (SSSR count). The van der Waals surface area contributed by atoms with E-state index >= 15 is 0 Å². The van der Waals surface area contributed by atoms with Crippen molar-refractivity contribution in [3.8, 4) is 0 Å². The van der Waals surface area contributed by atoms with Crippen molar-refractivity contribution in [3.05, 3.63) is 0 Å². The summed E-state index contributed by atoms with van der Waals surface area (Å²) < 4.78 is 10.6. The van der Waals surface area contributed by atoms with Crippen LogP contribution in [0.25, 0.3) is 0 Å². The minimum Gasteiger partial charge on any atom is -0.219 e. The first kappa shape index (κ1) is 11.3. The predicted octanol–water partition coefficient (Wildman–Crippen LogP) is 4.63. The van der Waals surface area contributed by atoms with Gasteiger partial charge in [-0.3, -0.25) is 0 Å². The number of hydrogen-bond donors (Lipinski definition) is 0. The van der Waals surface area contributed by atoms with Crippen LogP contribution in [0.1, 0.15) is 6.42 Å². The molecule has 0 bridgehead atoms. The summed E-state index contributed by atoms with van der Waals surface area (Å²) in [6.07, 6.45) is 0.208. The van der Waals surface area contributed by atoms with Crippen molar-refractivity contribution >= 4 is 79.6 Å².